The number of hydrogen-bond donors (Lipinski definition) is 1. The van der Waals surface area contributed by atoms with Gasteiger partial charge in [0.15, 0.2) is 0 Å². The molecule has 2 fully saturated rings. The van der Waals surface area contributed by atoms with Gasteiger partial charge in [0.25, 0.3) is 0 Å². The van der Waals surface area contributed by atoms with Gasteiger partial charge < -0.3 is 15.4 Å². The van der Waals surface area contributed by atoms with Crippen molar-refractivity contribution in [3.05, 3.63) is 17.3 Å². The SMILES string of the molecule is Nc1cnc(N2CCC3(CCOC3)C2)c(Cl)c1. The van der Waals surface area contributed by atoms with Gasteiger partial charge in [-0.1, -0.05) is 11.6 Å². The fraction of sp³-hybridized carbons (Fsp3) is 0.583. The average Bonchev–Trinajstić information content (AvgIpc) is 2.90. The van der Waals surface area contributed by atoms with Crippen molar-refractivity contribution in [2.45, 2.75) is 12.8 Å². The Morgan fingerprint density at radius 1 is 1.47 bits per heavy atom. The zero-order valence-electron chi connectivity index (χ0n) is 9.66. The molecule has 5 heteroatoms. The molecule has 0 aromatic carbocycles. The smallest absolute Gasteiger partial charge is 0.147 e. The van der Waals surface area contributed by atoms with Crippen molar-refractivity contribution in [3.8, 4) is 0 Å². The van der Waals surface area contributed by atoms with E-state index in [0.717, 1.165) is 45.0 Å². The van der Waals surface area contributed by atoms with Crippen LogP contribution in [0.1, 0.15) is 12.8 Å². The van der Waals surface area contributed by atoms with Crippen LogP contribution in [0.5, 0.6) is 0 Å². The third-order valence-electron chi connectivity index (χ3n) is 3.77. The van der Waals surface area contributed by atoms with E-state index in [0.29, 0.717) is 16.1 Å². The van der Waals surface area contributed by atoms with Gasteiger partial charge in [-0.2, -0.15) is 0 Å². The van der Waals surface area contributed by atoms with Crippen molar-refractivity contribution in [2.24, 2.45) is 5.41 Å². The van der Waals surface area contributed by atoms with Gasteiger partial charge in [0.05, 0.1) is 23.5 Å². The van der Waals surface area contributed by atoms with Crippen molar-refractivity contribution < 1.29 is 4.74 Å². The summed E-state index contributed by atoms with van der Waals surface area (Å²) in [5.74, 6) is 0.852. The normalized spacial score (nSPS) is 28.2. The number of rotatable bonds is 1. The summed E-state index contributed by atoms with van der Waals surface area (Å²) in [6.07, 6.45) is 3.98. The molecule has 0 amide bonds. The lowest BCUT2D eigenvalue weighted by molar-refractivity contribution is 0.160. The van der Waals surface area contributed by atoms with Crippen LogP contribution in [-0.4, -0.2) is 31.3 Å². The molecule has 0 aliphatic carbocycles. The molecule has 3 rings (SSSR count). The average molecular weight is 254 g/mol. The highest BCUT2D eigenvalue weighted by Crippen LogP contribution is 2.41. The minimum Gasteiger partial charge on any atom is -0.397 e. The Balaban J connectivity index is 1.82. The molecule has 2 aliphatic heterocycles. The van der Waals surface area contributed by atoms with E-state index >= 15 is 0 Å². The minimum atomic E-state index is 0.326. The number of anilines is 2. The molecule has 1 spiro atoms. The molecule has 2 aliphatic rings. The first kappa shape index (κ1) is 11.1. The van der Waals surface area contributed by atoms with Crippen LogP contribution in [0, 0.1) is 5.41 Å². The van der Waals surface area contributed by atoms with E-state index in [9.17, 15) is 0 Å². The van der Waals surface area contributed by atoms with E-state index in [1.165, 1.54) is 0 Å². The highest BCUT2D eigenvalue weighted by atomic mass is 35.5. The number of pyridine rings is 1. The Hall–Kier alpha value is -1.00. The fourth-order valence-electron chi connectivity index (χ4n) is 2.77. The van der Waals surface area contributed by atoms with Crippen LogP contribution in [-0.2, 0) is 4.74 Å². The topological polar surface area (TPSA) is 51.4 Å². The molecule has 1 aromatic heterocycles. The molecular weight excluding hydrogens is 238 g/mol. The Morgan fingerprint density at radius 3 is 3.06 bits per heavy atom. The van der Waals surface area contributed by atoms with E-state index in [-0.39, 0.29) is 0 Å². The molecular formula is C12H16ClN3O. The fourth-order valence-corrected chi connectivity index (χ4v) is 3.06. The quantitative estimate of drug-likeness (QED) is 0.831. The summed E-state index contributed by atoms with van der Waals surface area (Å²) in [4.78, 5) is 6.59. The lowest BCUT2D eigenvalue weighted by Gasteiger charge is -2.23. The molecule has 2 saturated heterocycles. The van der Waals surface area contributed by atoms with E-state index in [1.54, 1.807) is 12.3 Å². The van der Waals surface area contributed by atoms with Crippen molar-refractivity contribution in [2.75, 3.05) is 36.9 Å². The van der Waals surface area contributed by atoms with E-state index in [4.69, 9.17) is 22.1 Å². The second-order valence-electron chi connectivity index (χ2n) is 5.05. The third-order valence-corrected chi connectivity index (χ3v) is 4.04. The molecule has 0 radical (unpaired) electrons. The van der Waals surface area contributed by atoms with Crippen LogP contribution in [0.15, 0.2) is 12.3 Å². The first-order valence-corrected chi connectivity index (χ1v) is 6.30. The molecule has 92 valence electrons. The van der Waals surface area contributed by atoms with E-state index in [1.807, 2.05) is 0 Å². The van der Waals surface area contributed by atoms with Gasteiger partial charge in [-0.05, 0) is 18.9 Å². The first-order valence-electron chi connectivity index (χ1n) is 5.92. The van der Waals surface area contributed by atoms with Gasteiger partial charge >= 0.3 is 0 Å². The van der Waals surface area contributed by atoms with Gasteiger partial charge in [0, 0.05) is 25.1 Å². The molecule has 2 N–H and O–H groups in total. The number of halogens is 1. The number of hydrogen-bond acceptors (Lipinski definition) is 4. The highest BCUT2D eigenvalue weighted by Gasteiger charge is 2.42. The second kappa shape index (κ2) is 4.03. The van der Waals surface area contributed by atoms with Gasteiger partial charge in [-0.3, -0.25) is 0 Å². The predicted octanol–water partition coefficient (Wildman–Crippen LogP) is 1.93. The lowest BCUT2D eigenvalue weighted by Crippen LogP contribution is -2.28. The van der Waals surface area contributed by atoms with Gasteiger partial charge in [0.1, 0.15) is 5.82 Å². The van der Waals surface area contributed by atoms with Crippen molar-refractivity contribution in [3.63, 3.8) is 0 Å². The monoisotopic (exact) mass is 253 g/mol. The molecule has 0 bridgehead atoms. The maximum absolute atomic E-state index is 6.19. The zero-order valence-corrected chi connectivity index (χ0v) is 10.4. The minimum absolute atomic E-state index is 0.326. The first-order chi connectivity index (χ1) is 8.19. The molecule has 3 heterocycles. The summed E-state index contributed by atoms with van der Waals surface area (Å²) in [5, 5.41) is 0.640. The Morgan fingerprint density at radius 2 is 2.35 bits per heavy atom. The molecule has 4 nitrogen and oxygen atoms in total. The second-order valence-corrected chi connectivity index (χ2v) is 5.46. The summed E-state index contributed by atoms with van der Waals surface area (Å²) in [5.41, 5.74) is 6.59. The molecule has 17 heavy (non-hydrogen) atoms. The maximum atomic E-state index is 6.19. The standard InChI is InChI=1S/C12H16ClN3O/c13-10-5-9(14)6-15-11(10)16-3-1-12(7-16)2-4-17-8-12/h5-6H,1-4,7-8,14H2. The van der Waals surface area contributed by atoms with Gasteiger partial charge in [-0.15, -0.1) is 0 Å². The summed E-state index contributed by atoms with van der Waals surface area (Å²) in [6.45, 7) is 3.75. The van der Waals surface area contributed by atoms with E-state index < -0.39 is 0 Å². The van der Waals surface area contributed by atoms with Crippen molar-refractivity contribution >= 4 is 23.1 Å². The van der Waals surface area contributed by atoms with Crippen LogP contribution >= 0.6 is 11.6 Å². The van der Waals surface area contributed by atoms with Crippen LogP contribution < -0.4 is 10.6 Å². The Bertz CT molecular complexity index is 432. The highest BCUT2D eigenvalue weighted by molar-refractivity contribution is 6.33. The maximum Gasteiger partial charge on any atom is 0.147 e. The van der Waals surface area contributed by atoms with Crippen LogP contribution in [0.3, 0.4) is 0 Å². The molecule has 1 atom stereocenters. The number of aromatic nitrogens is 1. The summed E-state index contributed by atoms with van der Waals surface area (Å²) >= 11 is 6.19. The number of ether oxygens (including phenoxy) is 1. The van der Waals surface area contributed by atoms with Crippen LogP contribution in [0.25, 0.3) is 0 Å². The molecule has 0 saturated carbocycles. The third kappa shape index (κ3) is 1.96. The van der Waals surface area contributed by atoms with Crippen molar-refractivity contribution in [1.29, 1.82) is 0 Å². The van der Waals surface area contributed by atoms with E-state index in [2.05, 4.69) is 9.88 Å². The summed E-state index contributed by atoms with van der Waals surface area (Å²) < 4.78 is 5.52. The Kier molecular flexibility index (Phi) is 2.64. The summed E-state index contributed by atoms with van der Waals surface area (Å²) in [7, 11) is 0. The van der Waals surface area contributed by atoms with Gasteiger partial charge in [-0.25, -0.2) is 4.98 Å². The number of nitrogens with zero attached hydrogens (tertiary/aromatic N) is 2. The zero-order chi connectivity index (χ0) is 11.9. The number of nitrogen functional groups attached to an aromatic ring is 1. The van der Waals surface area contributed by atoms with Crippen molar-refractivity contribution in [1.82, 2.24) is 4.98 Å². The molecule has 1 unspecified atom stereocenters. The number of nitrogens with two attached hydrogens (primary N) is 1. The van der Waals surface area contributed by atoms with Gasteiger partial charge in [0.2, 0.25) is 0 Å². The predicted molar refractivity (Wildman–Crippen MR) is 68.4 cm³/mol. The largest absolute Gasteiger partial charge is 0.397 e. The van der Waals surface area contributed by atoms with Crippen LogP contribution in [0.2, 0.25) is 5.02 Å². The summed E-state index contributed by atoms with van der Waals surface area (Å²) in [6, 6.07) is 1.76. The van der Waals surface area contributed by atoms with Crippen LogP contribution in [0.4, 0.5) is 11.5 Å². The lowest BCUT2D eigenvalue weighted by atomic mass is 9.87. The molecule has 1 aromatic rings. The Labute approximate surface area is 106 Å².